The highest BCUT2D eigenvalue weighted by Crippen LogP contribution is 2.28. The fourth-order valence-corrected chi connectivity index (χ4v) is 1.96. The van der Waals surface area contributed by atoms with Crippen molar-refractivity contribution in [3.05, 3.63) is 66.7 Å². The van der Waals surface area contributed by atoms with E-state index in [1.165, 1.54) is 0 Å². The normalized spacial score (nSPS) is 11.0. The zero-order chi connectivity index (χ0) is 13.8. The lowest BCUT2D eigenvalue weighted by molar-refractivity contribution is 1.22. The minimum absolute atomic E-state index is 0.333. The highest BCUT2D eigenvalue weighted by Gasteiger charge is 1.99. The van der Waals surface area contributed by atoms with Crippen LogP contribution >= 0.6 is 0 Å². The molecule has 0 spiro atoms. The zero-order valence-corrected chi connectivity index (χ0v) is 10.6. The minimum Gasteiger partial charge on any atom is -0.150 e. The summed E-state index contributed by atoms with van der Waals surface area (Å²) in [6, 6.07) is 21.9. The largest absolute Gasteiger partial charge is 0.150 e. The van der Waals surface area contributed by atoms with E-state index in [0.717, 1.165) is 16.5 Å². The van der Waals surface area contributed by atoms with Crippen molar-refractivity contribution in [3.8, 4) is 0 Å². The molecule has 0 N–H and O–H groups in total. The van der Waals surface area contributed by atoms with E-state index in [1.54, 1.807) is 18.2 Å². The Hall–Kier alpha value is -2.88. The molecular formula is C16H10N4. The average Bonchev–Trinajstić information content (AvgIpc) is 2.53. The number of nitrogens with zero attached hydrogens (tertiary/aromatic N) is 4. The molecule has 94 valence electrons. The Balaban J connectivity index is 2.00. The molecule has 0 bridgehead atoms. The summed E-state index contributed by atoms with van der Waals surface area (Å²) in [5.74, 6) is 0. The number of rotatable bonds is 3. The van der Waals surface area contributed by atoms with Crippen LogP contribution in [0, 0.1) is 6.07 Å². The molecular weight excluding hydrogens is 248 g/mol. The second-order valence-electron chi connectivity index (χ2n) is 4.22. The molecule has 0 amide bonds. The second kappa shape index (κ2) is 5.40. The van der Waals surface area contributed by atoms with Crippen LogP contribution in [0.15, 0.2) is 76.0 Å². The summed E-state index contributed by atoms with van der Waals surface area (Å²) < 4.78 is 0. The van der Waals surface area contributed by atoms with E-state index in [1.807, 2.05) is 42.5 Å². The smallest absolute Gasteiger partial charge is 0.0978 e. The van der Waals surface area contributed by atoms with Crippen molar-refractivity contribution in [2.45, 2.75) is 0 Å². The molecule has 0 heterocycles. The molecule has 0 saturated carbocycles. The topological polar surface area (TPSA) is 59.4 Å². The number of fused-ring (bicyclic) bond motifs is 1. The summed E-state index contributed by atoms with van der Waals surface area (Å²) in [5, 5.41) is 13.6. The molecule has 0 aliphatic carbocycles. The van der Waals surface area contributed by atoms with Crippen molar-refractivity contribution < 1.29 is 0 Å². The minimum atomic E-state index is 0.333. The highest BCUT2D eigenvalue weighted by molar-refractivity contribution is 5.92. The van der Waals surface area contributed by atoms with Gasteiger partial charge in [-0.15, -0.1) is 15.3 Å². The number of azo groups is 1. The van der Waals surface area contributed by atoms with Crippen LogP contribution in [-0.2, 0) is 0 Å². The van der Waals surface area contributed by atoms with E-state index < -0.39 is 0 Å². The average molecular weight is 258 g/mol. The monoisotopic (exact) mass is 258 g/mol. The molecule has 0 fully saturated rings. The summed E-state index contributed by atoms with van der Waals surface area (Å²) >= 11 is 0. The van der Waals surface area contributed by atoms with Crippen LogP contribution < -0.4 is 5.53 Å². The van der Waals surface area contributed by atoms with Crippen LogP contribution in [0.25, 0.3) is 10.8 Å². The maximum atomic E-state index is 8.71. The third kappa shape index (κ3) is 2.44. The molecule has 3 aromatic carbocycles. The predicted octanol–water partition coefficient (Wildman–Crippen LogP) is 4.94. The van der Waals surface area contributed by atoms with Gasteiger partial charge >= 0.3 is 0 Å². The molecule has 3 aromatic rings. The van der Waals surface area contributed by atoms with E-state index in [2.05, 4.69) is 21.4 Å². The van der Waals surface area contributed by atoms with Gasteiger partial charge in [0.2, 0.25) is 0 Å². The van der Waals surface area contributed by atoms with Crippen molar-refractivity contribution in [1.29, 1.82) is 0 Å². The lowest BCUT2D eigenvalue weighted by atomic mass is 10.1. The standard InChI is InChI=1S/C16H10N4/c17-18-13-7-4-8-14(11-13)19-20-16-10-3-6-12-5-1-2-9-15(12)16/h1-10H. The van der Waals surface area contributed by atoms with Crippen LogP contribution in [0.2, 0.25) is 0 Å². The van der Waals surface area contributed by atoms with Gasteiger partial charge in [-0.2, -0.15) is 0 Å². The van der Waals surface area contributed by atoms with E-state index in [4.69, 9.17) is 5.53 Å². The molecule has 20 heavy (non-hydrogen) atoms. The molecule has 4 heteroatoms. The van der Waals surface area contributed by atoms with Gasteiger partial charge in [0.15, 0.2) is 0 Å². The summed E-state index contributed by atoms with van der Waals surface area (Å²) in [7, 11) is 0. The fourth-order valence-electron chi connectivity index (χ4n) is 1.96. The lowest BCUT2D eigenvalue weighted by Crippen LogP contribution is -1.72. The van der Waals surface area contributed by atoms with Crippen LogP contribution in [0.3, 0.4) is 0 Å². The SMILES string of the molecule is [N]=Nc1[c]c(N=Nc2cccc3ccccc23)ccc1. The predicted molar refractivity (Wildman–Crippen MR) is 77.6 cm³/mol. The van der Waals surface area contributed by atoms with Crippen LogP contribution in [0.1, 0.15) is 0 Å². The van der Waals surface area contributed by atoms with Crippen molar-refractivity contribution in [3.63, 3.8) is 0 Å². The van der Waals surface area contributed by atoms with Gasteiger partial charge in [-0.1, -0.05) is 42.5 Å². The first-order valence-corrected chi connectivity index (χ1v) is 6.14. The van der Waals surface area contributed by atoms with Crippen molar-refractivity contribution in [2.75, 3.05) is 0 Å². The third-order valence-electron chi connectivity index (χ3n) is 2.90. The van der Waals surface area contributed by atoms with E-state index in [9.17, 15) is 0 Å². The number of benzene rings is 3. The van der Waals surface area contributed by atoms with Gasteiger partial charge in [0.1, 0.15) is 0 Å². The first-order chi connectivity index (χ1) is 9.86. The Morgan fingerprint density at radius 2 is 1.50 bits per heavy atom. The Morgan fingerprint density at radius 1 is 0.750 bits per heavy atom. The molecule has 0 aromatic heterocycles. The van der Waals surface area contributed by atoms with E-state index in [0.29, 0.717) is 11.4 Å². The van der Waals surface area contributed by atoms with Crippen LogP contribution in [0.5, 0.6) is 0 Å². The van der Waals surface area contributed by atoms with Crippen molar-refractivity contribution >= 4 is 27.8 Å². The lowest BCUT2D eigenvalue weighted by Gasteiger charge is -2.00. The summed E-state index contributed by atoms with van der Waals surface area (Å²) in [5.41, 5.74) is 10.4. The van der Waals surface area contributed by atoms with Gasteiger partial charge in [-0.3, -0.25) is 0 Å². The summed E-state index contributed by atoms with van der Waals surface area (Å²) in [6.45, 7) is 0. The molecule has 0 aliphatic rings. The Kier molecular flexibility index (Phi) is 3.29. The molecule has 3 rings (SSSR count). The van der Waals surface area contributed by atoms with Crippen molar-refractivity contribution in [1.82, 2.24) is 5.53 Å². The third-order valence-corrected chi connectivity index (χ3v) is 2.90. The first kappa shape index (κ1) is 12.2. The number of hydrogen-bond acceptors (Lipinski definition) is 3. The van der Waals surface area contributed by atoms with Gasteiger partial charge in [0.25, 0.3) is 0 Å². The molecule has 0 aliphatic heterocycles. The van der Waals surface area contributed by atoms with Crippen LogP contribution in [0.4, 0.5) is 17.1 Å². The molecule has 2 radical (unpaired) electrons. The molecule has 0 atom stereocenters. The van der Waals surface area contributed by atoms with Crippen LogP contribution in [-0.4, -0.2) is 0 Å². The molecule has 0 saturated heterocycles. The quantitative estimate of drug-likeness (QED) is 0.597. The highest BCUT2D eigenvalue weighted by atomic mass is 15.1. The Labute approximate surface area is 116 Å². The van der Waals surface area contributed by atoms with Gasteiger partial charge in [-0.05, 0) is 29.1 Å². The fraction of sp³-hybridized carbons (Fsp3) is 0. The van der Waals surface area contributed by atoms with E-state index >= 15 is 0 Å². The van der Waals surface area contributed by atoms with Gasteiger partial charge in [0.05, 0.1) is 17.1 Å². The number of hydrogen-bond donors (Lipinski definition) is 0. The van der Waals surface area contributed by atoms with E-state index in [-0.39, 0.29) is 0 Å². The van der Waals surface area contributed by atoms with Gasteiger partial charge < -0.3 is 0 Å². The maximum absolute atomic E-state index is 8.71. The molecule has 4 nitrogen and oxygen atoms in total. The first-order valence-electron chi connectivity index (χ1n) is 6.14. The summed E-state index contributed by atoms with van der Waals surface area (Å²) in [4.78, 5) is 0. The van der Waals surface area contributed by atoms with Crippen molar-refractivity contribution in [2.24, 2.45) is 15.3 Å². The molecule has 0 unspecified atom stereocenters. The Morgan fingerprint density at radius 3 is 2.40 bits per heavy atom. The Bertz CT molecular complexity index is 788. The van der Waals surface area contributed by atoms with Gasteiger partial charge in [-0.25, -0.2) is 0 Å². The summed E-state index contributed by atoms with van der Waals surface area (Å²) in [6.07, 6.45) is 0. The zero-order valence-electron chi connectivity index (χ0n) is 10.6. The maximum Gasteiger partial charge on any atom is 0.0978 e. The van der Waals surface area contributed by atoms with Gasteiger partial charge in [0, 0.05) is 11.5 Å². The second-order valence-corrected chi connectivity index (χ2v) is 4.22.